The fraction of sp³-hybridized carbons (Fsp3) is 0.250. The Morgan fingerprint density at radius 3 is 2.45 bits per heavy atom. The second-order valence-corrected chi connectivity index (χ2v) is 8.87. The van der Waals surface area contributed by atoms with Crippen LogP contribution in [0.15, 0.2) is 64.8 Å². The van der Waals surface area contributed by atoms with Gasteiger partial charge in [-0.25, -0.2) is 0 Å². The molecule has 0 aliphatic carbocycles. The Kier molecular flexibility index (Phi) is 5.78. The number of Topliss-reactive ketones (excluding diaryl/α,β-unsaturated/α-hetero) is 1. The number of hydrogen-bond donors (Lipinski definition) is 0. The van der Waals surface area contributed by atoms with Crippen molar-refractivity contribution < 1.29 is 4.79 Å². The number of ketones is 1. The summed E-state index contributed by atoms with van der Waals surface area (Å²) in [4.78, 5) is 25.6. The van der Waals surface area contributed by atoms with Crippen LogP contribution < -0.4 is 5.56 Å². The third-order valence-corrected chi connectivity index (χ3v) is 6.24. The Morgan fingerprint density at radius 1 is 1.03 bits per heavy atom. The van der Waals surface area contributed by atoms with Gasteiger partial charge in [-0.15, -0.1) is 10.2 Å². The number of nitrogens with zero attached hydrogens (tertiary/aromatic N) is 4. The van der Waals surface area contributed by atoms with Gasteiger partial charge >= 0.3 is 5.56 Å². The van der Waals surface area contributed by atoms with E-state index in [9.17, 15) is 9.59 Å². The number of hydrogen-bond acceptors (Lipinski definition) is 5. The summed E-state index contributed by atoms with van der Waals surface area (Å²) in [5.74, 6) is 0.679. The third kappa shape index (κ3) is 4.18. The van der Waals surface area contributed by atoms with Crippen LogP contribution in [0.4, 0.5) is 0 Å². The fourth-order valence-corrected chi connectivity index (χ4v) is 4.32. The lowest BCUT2D eigenvalue weighted by Gasteiger charge is -2.09. The van der Waals surface area contributed by atoms with Crippen molar-refractivity contribution in [3.63, 3.8) is 0 Å². The van der Waals surface area contributed by atoms with Crippen molar-refractivity contribution in [1.29, 1.82) is 0 Å². The summed E-state index contributed by atoms with van der Waals surface area (Å²) >= 11 is 1.28. The molecule has 0 spiro atoms. The van der Waals surface area contributed by atoms with E-state index in [0.717, 1.165) is 16.8 Å². The van der Waals surface area contributed by atoms with E-state index in [2.05, 4.69) is 24.0 Å². The standard InChI is InChI=1S/C24H24N4O2S/c1-15(2)18-6-8-19(9-7-18)27-11-12-28-22(23(27)30)25-26-24(28)31-14-21(29)20-10-5-16(3)13-17(20)4/h5-13,15H,14H2,1-4H3. The zero-order valence-corrected chi connectivity index (χ0v) is 18.8. The van der Waals surface area contributed by atoms with Gasteiger partial charge in [0.15, 0.2) is 10.9 Å². The summed E-state index contributed by atoms with van der Waals surface area (Å²) < 4.78 is 3.20. The summed E-state index contributed by atoms with van der Waals surface area (Å²) in [6, 6.07) is 13.7. The first-order valence-electron chi connectivity index (χ1n) is 10.1. The van der Waals surface area contributed by atoms with Crippen LogP contribution in [-0.2, 0) is 0 Å². The van der Waals surface area contributed by atoms with Gasteiger partial charge in [0.05, 0.1) is 5.75 Å². The smallest absolute Gasteiger partial charge is 0.293 e. The van der Waals surface area contributed by atoms with Gasteiger partial charge in [0.25, 0.3) is 0 Å². The molecule has 0 bridgehead atoms. The molecule has 6 nitrogen and oxygen atoms in total. The van der Waals surface area contributed by atoms with E-state index in [1.54, 1.807) is 21.4 Å². The highest BCUT2D eigenvalue weighted by molar-refractivity contribution is 7.99. The molecule has 0 saturated carbocycles. The third-order valence-electron chi connectivity index (χ3n) is 5.29. The number of aryl methyl sites for hydroxylation is 2. The maximum absolute atomic E-state index is 13.0. The molecule has 31 heavy (non-hydrogen) atoms. The molecular weight excluding hydrogens is 408 g/mol. The highest BCUT2D eigenvalue weighted by Crippen LogP contribution is 2.20. The summed E-state index contributed by atoms with van der Waals surface area (Å²) in [5.41, 5.74) is 4.77. The zero-order valence-electron chi connectivity index (χ0n) is 18.0. The minimum Gasteiger partial charge on any atom is -0.293 e. The van der Waals surface area contributed by atoms with Gasteiger partial charge in [-0.3, -0.25) is 18.6 Å². The molecule has 158 valence electrons. The predicted molar refractivity (Wildman–Crippen MR) is 124 cm³/mol. The van der Waals surface area contributed by atoms with Crippen LogP contribution >= 0.6 is 11.8 Å². The summed E-state index contributed by atoms with van der Waals surface area (Å²) in [6.07, 6.45) is 3.47. The van der Waals surface area contributed by atoms with Crippen molar-refractivity contribution in [3.8, 4) is 5.69 Å². The average Bonchev–Trinajstić information content (AvgIpc) is 3.16. The molecule has 0 aliphatic rings. The first-order valence-corrected chi connectivity index (χ1v) is 11.1. The highest BCUT2D eigenvalue weighted by Gasteiger charge is 2.15. The molecule has 0 N–H and O–H groups in total. The zero-order chi connectivity index (χ0) is 22.1. The van der Waals surface area contributed by atoms with Crippen molar-refractivity contribution in [1.82, 2.24) is 19.2 Å². The SMILES string of the molecule is Cc1ccc(C(=O)CSc2nnc3c(=O)n(-c4ccc(C(C)C)cc4)ccn23)c(C)c1. The molecule has 2 aromatic carbocycles. The normalized spacial score (nSPS) is 11.4. The summed E-state index contributed by atoms with van der Waals surface area (Å²) in [6.45, 7) is 8.21. The van der Waals surface area contributed by atoms with Crippen molar-refractivity contribution in [2.45, 2.75) is 38.8 Å². The second-order valence-electron chi connectivity index (χ2n) is 7.93. The molecule has 0 atom stereocenters. The van der Waals surface area contributed by atoms with E-state index in [0.29, 0.717) is 16.6 Å². The van der Waals surface area contributed by atoms with Crippen LogP contribution in [0, 0.1) is 13.8 Å². The van der Waals surface area contributed by atoms with Gasteiger partial charge in [-0.1, -0.05) is 61.5 Å². The van der Waals surface area contributed by atoms with E-state index in [-0.39, 0.29) is 22.7 Å². The number of rotatable bonds is 6. The van der Waals surface area contributed by atoms with Crippen LogP contribution in [0.1, 0.15) is 46.8 Å². The number of carbonyl (C=O) groups is 1. The largest absolute Gasteiger partial charge is 0.300 e. The van der Waals surface area contributed by atoms with Gasteiger partial charge in [-0.05, 0) is 43.0 Å². The number of fused-ring (bicyclic) bond motifs is 1. The molecule has 0 aliphatic heterocycles. The Balaban J connectivity index is 1.58. The summed E-state index contributed by atoms with van der Waals surface area (Å²) in [5, 5.41) is 8.74. The minimum atomic E-state index is -0.250. The van der Waals surface area contributed by atoms with Crippen LogP contribution in [0.25, 0.3) is 11.3 Å². The monoisotopic (exact) mass is 432 g/mol. The van der Waals surface area contributed by atoms with Gasteiger partial charge in [0.2, 0.25) is 5.65 Å². The van der Waals surface area contributed by atoms with Crippen LogP contribution in [0.5, 0.6) is 0 Å². The minimum absolute atomic E-state index is 0.0258. The second kappa shape index (κ2) is 8.51. The van der Waals surface area contributed by atoms with E-state index in [1.807, 2.05) is 56.3 Å². The number of carbonyl (C=O) groups excluding carboxylic acids is 1. The number of benzene rings is 2. The molecule has 0 unspecified atom stereocenters. The molecule has 2 aromatic heterocycles. The van der Waals surface area contributed by atoms with Gasteiger partial charge < -0.3 is 0 Å². The van der Waals surface area contributed by atoms with Crippen molar-refractivity contribution in [3.05, 3.63) is 87.5 Å². The first-order chi connectivity index (χ1) is 14.8. The molecule has 4 aromatic rings. The quantitative estimate of drug-likeness (QED) is 0.329. The van der Waals surface area contributed by atoms with Crippen LogP contribution in [-0.4, -0.2) is 30.7 Å². The molecule has 0 fully saturated rings. The van der Waals surface area contributed by atoms with Gasteiger partial charge in [0, 0.05) is 23.6 Å². The lowest BCUT2D eigenvalue weighted by molar-refractivity contribution is 0.102. The fourth-order valence-electron chi connectivity index (χ4n) is 3.52. The van der Waals surface area contributed by atoms with Crippen molar-refractivity contribution >= 4 is 23.2 Å². The van der Waals surface area contributed by atoms with Gasteiger partial charge in [0.1, 0.15) is 0 Å². The topological polar surface area (TPSA) is 69.3 Å². The maximum Gasteiger partial charge on any atom is 0.300 e. The Bertz CT molecular complexity index is 1320. The van der Waals surface area contributed by atoms with E-state index >= 15 is 0 Å². The molecule has 7 heteroatoms. The molecular formula is C24H24N4O2S. The van der Waals surface area contributed by atoms with E-state index < -0.39 is 0 Å². The van der Waals surface area contributed by atoms with Crippen LogP contribution in [0.3, 0.4) is 0 Å². The molecule has 0 radical (unpaired) electrons. The Hall–Kier alpha value is -3.19. The van der Waals surface area contributed by atoms with E-state index in [1.165, 1.54) is 17.3 Å². The molecule has 0 amide bonds. The lowest BCUT2D eigenvalue weighted by Crippen LogP contribution is -2.20. The average molecular weight is 433 g/mol. The maximum atomic E-state index is 13.0. The first kappa shape index (κ1) is 21.1. The van der Waals surface area contributed by atoms with Crippen molar-refractivity contribution in [2.24, 2.45) is 0 Å². The van der Waals surface area contributed by atoms with Crippen LogP contribution in [0.2, 0.25) is 0 Å². The van der Waals surface area contributed by atoms with Gasteiger partial charge in [-0.2, -0.15) is 0 Å². The highest BCUT2D eigenvalue weighted by atomic mass is 32.2. The lowest BCUT2D eigenvalue weighted by atomic mass is 10.0. The molecule has 2 heterocycles. The Morgan fingerprint density at radius 2 is 1.77 bits per heavy atom. The predicted octanol–water partition coefficient (Wildman–Crippen LogP) is 4.60. The van der Waals surface area contributed by atoms with E-state index in [4.69, 9.17) is 0 Å². The number of thioether (sulfide) groups is 1. The molecule has 0 saturated heterocycles. The number of aromatic nitrogens is 4. The van der Waals surface area contributed by atoms with Crippen molar-refractivity contribution in [2.75, 3.05) is 5.75 Å². The molecule has 4 rings (SSSR count). The Labute approximate surface area is 185 Å². The summed E-state index contributed by atoms with van der Waals surface area (Å²) in [7, 11) is 0.